The summed E-state index contributed by atoms with van der Waals surface area (Å²) in [5, 5.41) is 0. The monoisotopic (exact) mass is 267 g/mol. The lowest BCUT2D eigenvalue weighted by Crippen LogP contribution is -2.09. The Hall–Kier alpha value is -2.33. The number of hydrogen-bond donors (Lipinski definition) is 1. The van der Waals surface area contributed by atoms with E-state index in [4.69, 9.17) is 10.5 Å². The van der Waals surface area contributed by atoms with Crippen molar-refractivity contribution in [2.75, 3.05) is 6.61 Å². The van der Waals surface area contributed by atoms with Gasteiger partial charge in [0.25, 0.3) is 0 Å². The first-order valence-corrected chi connectivity index (χ1v) is 6.69. The molecule has 0 fully saturated rings. The predicted molar refractivity (Wildman–Crippen MR) is 79.6 cm³/mol. The van der Waals surface area contributed by atoms with Crippen LogP contribution >= 0.6 is 0 Å². The lowest BCUT2D eigenvalue weighted by Gasteiger charge is -2.10. The quantitative estimate of drug-likeness (QED) is 0.773. The summed E-state index contributed by atoms with van der Waals surface area (Å²) in [6.45, 7) is 1.85. The van der Waals surface area contributed by atoms with Gasteiger partial charge in [-0.1, -0.05) is 30.3 Å². The van der Waals surface area contributed by atoms with Gasteiger partial charge >= 0.3 is 0 Å². The van der Waals surface area contributed by atoms with E-state index < -0.39 is 0 Å². The van der Waals surface area contributed by atoms with E-state index in [1.807, 2.05) is 48.8 Å². The van der Waals surface area contributed by atoms with Crippen LogP contribution in [0.3, 0.4) is 0 Å². The highest BCUT2D eigenvalue weighted by Crippen LogP contribution is 2.17. The molecule has 3 aromatic rings. The molecule has 0 aliphatic heterocycles. The van der Waals surface area contributed by atoms with Gasteiger partial charge in [0.05, 0.1) is 23.9 Å². The SMILES string of the molecule is NCc1ccccc1OCCn1cnc2ccccc21. The van der Waals surface area contributed by atoms with Crippen LogP contribution in [0.2, 0.25) is 0 Å². The number of ether oxygens (including phenoxy) is 1. The predicted octanol–water partition coefficient (Wildman–Crippen LogP) is 2.57. The number of fused-ring (bicyclic) bond motifs is 1. The van der Waals surface area contributed by atoms with Crippen LogP contribution in [-0.4, -0.2) is 16.2 Å². The molecule has 2 aromatic carbocycles. The molecule has 1 heterocycles. The zero-order chi connectivity index (χ0) is 13.8. The van der Waals surface area contributed by atoms with Crippen molar-refractivity contribution in [3.8, 4) is 5.75 Å². The molecule has 20 heavy (non-hydrogen) atoms. The van der Waals surface area contributed by atoms with E-state index in [9.17, 15) is 0 Å². The van der Waals surface area contributed by atoms with Crippen molar-refractivity contribution in [1.82, 2.24) is 9.55 Å². The number of hydrogen-bond acceptors (Lipinski definition) is 3. The number of para-hydroxylation sites is 3. The first-order valence-electron chi connectivity index (χ1n) is 6.69. The Morgan fingerprint density at radius 3 is 2.75 bits per heavy atom. The van der Waals surface area contributed by atoms with Gasteiger partial charge in [0.15, 0.2) is 0 Å². The lowest BCUT2D eigenvalue weighted by molar-refractivity contribution is 0.297. The van der Waals surface area contributed by atoms with Gasteiger partial charge in [-0.05, 0) is 18.2 Å². The Bertz CT molecular complexity index is 706. The minimum atomic E-state index is 0.490. The fraction of sp³-hybridized carbons (Fsp3) is 0.188. The van der Waals surface area contributed by atoms with Gasteiger partial charge < -0.3 is 15.0 Å². The summed E-state index contributed by atoms with van der Waals surface area (Å²) in [5.74, 6) is 0.861. The van der Waals surface area contributed by atoms with Gasteiger partial charge in [-0.25, -0.2) is 4.98 Å². The maximum Gasteiger partial charge on any atom is 0.123 e. The molecule has 0 saturated carbocycles. The number of rotatable bonds is 5. The van der Waals surface area contributed by atoms with E-state index in [0.29, 0.717) is 13.2 Å². The molecule has 1 aromatic heterocycles. The average Bonchev–Trinajstić information content (AvgIpc) is 2.91. The van der Waals surface area contributed by atoms with Crippen molar-refractivity contribution >= 4 is 11.0 Å². The van der Waals surface area contributed by atoms with Gasteiger partial charge in [0.1, 0.15) is 12.4 Å². The number of imidazole rings is 1. The zero-order valence-electron chi connectivity index (χ0n) is 11.2. The van der Waals surface area contributed by atoms with Crippen LogP contribution in [0, 0.1) is 0 Å². The first kappa shape index (κ1) is 12.7. The van der Waals surface area contributed by atoms with Gasteiger partial charge in [-0.3, -0.25) is 0 Å². The van der Waals surface area contributed by atoms with Crippen LogP contribution in [0.4, 0.5) is 0 Å². The second kappa shape index (κ2) is 5.75. The smallest absolute Gasteiger partial charge is 0.123 e. The molecule has 3 rings (SSSR count). The molecule has 0 radical (unpaired) electrons. The van der Waals surface area contributed by atoms with Gasteiger partial charge in [-0.2, -0.15) is 0 Å². The van der Waals surface area contributed by atoms with Crippen LogP contribution in [0.25, 0.3) is 11.0 Å². The fourth-order valence-electron chi connectivity index (χ4n) is 2.26. The van der Waals surface area contributed by atoms with E-state index in [1.165, 1.54) is 0 Å². The van der Waals surface area contributed by atoms with Crippen molar-refractivity contribution in [1.29, 1.82) is 0 Å². The molecule has 0 amide bonds. The van der Waals surface area contributed by atoms with Crippen molar-refractivity contribution < 1.29 is 4.74 Å². The molecular formula is C16H17N3O. The van der Waals surface area contributed by atoms with Gasteiger partial charge in [0, 0.05) is 12.1 Å². The summed E-state index contributed by atoms with van der Waals surface area (Å²) in [6, 6.07) is 16.0. The number of aromatic nitrogens is 2. The molecule has 102 valence electrons. The summed E-state index contributed by atoms with van der Waals surface area (Å²) >= 11 is 0. The Morgan fingerprint density at radius 1 is 1.05 bits per heavy atom. The number of nitrogens with zero attached hydrogens (tertiary/aromatic N) is 2. The lowest BCUT2D eigenvalue weighted by atomic mass is 10.2. The molecule has 4 heteroatoms. The molecule has 2 N–H and O–H groups in total. The average molecular weight is 267 g/mol. The van der Waals surface area contributed by atoms with Gasteiger partial charge in [0.2, 0.25) is 0 Å². The maximum atomic E-state index is 5.82. The summed E-state index contributed by atoms with van der Waals surface area (Å²) < 4.78 is 7.92. The minimum absolute atomic E-state index is 0.490. The molecular weight excluding hydrogens is 250 g/mol. The number of benzene rings is 2. The van der Waals surface area contributed by atoms with E-state index in [2.05, 4.69) is 15.6 Å². The van der Waals surface area contributed by atoms with Crippen LogP contribution in [0.1, 0.15) is 5.56 Å². The van der Waals surface area contributed by atoms with Crippen molar-refractivity contribution in [2.24, 2.45) is 5.73 Å². The van der Waals surface area contributed by atoms with Crippen LogP contribution in [0.15, 0.2) is 54.9 Å². The van der Waals surface area contributed by atoms with Crippen LogP contribution in [0.5, 0.6) is 5.75 Å². The van der Waals surface area contributed by atoms with E-state index >= 15 is 0 Å². The highest BCUT2D eigenvalue weighted by molar-refractivity contribution is 5.74. The van der Waals surface area contributed by atoms with Crippen LogP contribution in [-0.2, 0) is 13.1 Å². The normalized spacial score (nSPS) is 10.8. The van der Waals surface area contributed by atoms with E-state index in [-0.39, 0.29) is 0 Å². The Labute approximate surface area is 117 Å². The third-order valence-electron chi connectivity index (χ3n) is 3.31. The largest absolute Gasteiger partial charge is 0.491 e. The molecule has 0 bridgehead atoms. The Morgan fingerprint density at radius 2 is 1.85 bits per heavy atom. The first-order chi connectivity index (χ1) is 9.88. The third-order valence-corrected chi connectivity index (χ3v) is 3.31. The van der Waals surface area contributed by atoms with E-state index in [1.54, 1.807) is 0 Å². The van der Waals surface area contributed by atoms with E-state index in [0.717, 1.165) is 28.9 Å². The summed E-state index contributed by atoms with van der Waals surface area (Å²) in [4.78, 5) is 4.37. The summed E-state index contributed by atoms with van der Waals surface area (Å²) in [6.07, 6.45) is 1.85. The molecule has 0 aliphatic rings. The highest BCUT2D eigenvalue weighted by atomic mass is 16.5. The Kier molecular flexibility index (Phi) is 3.65. The topological polar surface area (TPSA) is 53.1 Å². The molecule has 0 saturated heterocycles. The summed E-state index contributed by atoms with van der Waals surface area (Å²) in [7, 11) is 0. The maximum absolute atomic E-state index is 5.82. The van der Waals surface area contributed by atoms with Crippen molar-refractivity contribution in [3.63, 3.8) is 0 Å². The second-order valence-electron chi connectivity index (χ2n) is 4.59. The second-order valence-corrected chi connectivity index (χ2v) is 4.59. The minimum Gasteiger partial charge on any atom is -0.491 e. The third kappa shape index (κ3) is 2.51. The van der Waals surface area contributed by atoms with Gasteiger partial charge in [-0.15, -0.1) is 0 Å². The fourth-order valence-corrected chi connectivity index (χ4v) is 2.26. The summed E-state index contributed by atoms with van der Waals surface area (Å²) in [5.41, 5.74) is 8.86. The molecule has 0 unspecified atom stereocenters. The molecule has 0 atom stereocenters. The Balaban J connectivity index is 1.68. The van der Waals surface area contributed by atoms with Crippen LogP contribution < -0.4 is 10.5 Å². The number of nitrogens with two attached hydrogens (primary N) is 1. The zero-order valence-corrected chi connectivity index (χ0v) is 11.2. The standard InChI is InChI=1S/C16H17N3O/c17-11-13-5-1-4-8-16(13)20-10-9-19-12-18-14-6-2-3-7-15(14)19/h1-8,12H,9-11,17H2. The molecule has 0 aliphatic carbocycles. The van der Waals surface area contributed by atoms with Crippen molar-refractivity contribution in [2.45, 2.75) is 13.1 Å². The highest BCUT2D eigenvalue weighted by Gasteiger charge is 2.03. The van der Waals surface area contributed by atoms with Crippen molar-refractivity contribution in [3.05, 3.63) is 60.4 Å². The molecule has 4 nitrogen and oxygen atoms in total. The molecule has 0 spiro atoms.